The Morgan fingerprint density at radius 2 is 2.04 bits per heavy atom. The number of aromatic nitrogens is 1. The number of para-hydroxylation sites is 1. The lowest BCUT2D eigenvalue weighted by Gasteiger charge is -2.46. The van der Waals surface area contributed by atoms with E-state index in [2.05, 4.69) is 29.0 Å². The predicted octanol–water partition coefficient (Wildman–Crippen LogP) is 1.44. The van der Waals surface area contributed by atoms with Gasteiger partial charge in [0.25, 0.3) is 5.56 Å². The van der Waals surface area contributed by atoms with Crippen molar-refractivity contribution in [3.05, 3.63) is 46.2 Å². The van der Waals surface area contributed by atoms with Crippen LogP contribution in [0, 0.1) is 0 Å². The summed E-state index contributed by atoms with van der Waals surface area (Å²) in [6.45, 7) is 5.35. The van der Waals surface area contributed by atoms with Crippen LogP contribution in [0.15, 0.2) is 35.1 Å². The third-order valence-electron chi connectivity index (χ3n) is 5.76. The Hall–Kier alpha value is -1.69. The van der Waals surface area contributed by atoms with Crippen LogP contribution in [0.25, 0.3) is 10.9 Å². The van der Waals surface area contributed by atoms with E-state index in [1.165, 1.54) is 0 Å². The van der Waals surface area contributed by atoms with Gasteiger partial charge in [0.05, 0.1) is 17.7 Å². The Morgan fingerprint density at radius 3 is 2.83 bits per heavy atom. The van der Waals surface area contributed by atoms with Gasteiger partial charge in [-0.25, -0.2) is 0 Å². The van der Waals surface area contributed by atoms with E-state index < -0.39 is 0 Å². The molecule has 24 heavy (non-hydrogen) atoms. The summed E-state index contributed by atoms with van der Waals surface area (Å²) in [7, 11) is 4.06. The Kier molecular flexibility index (Phi) is 3.95. The Bertz CT molecular complexity index is 808. The third-order valence-corrected chi connectivity index (χ3v) is 5.76. The molecule has 0 aliphatic carbocycles. The number of benzene rings is 1. The largest absolute Gasteiger partial charge is 0.379 e. The second-order valence-corrected chi connectivity index (χ2v) is 7.25. The molecule has 128 valence electrons. The molecule has 0 bridgehead atoms. The van der Waals surface area contributed by atoms with Crippen LogP contribution >= 0.6 is 0 Å². The lowest BCUT2D eigenvalue weighted by atomic mass is 9.93. The summed E-state index contributed by atoms with van der Waals surface area (Å²) in [5.74, 6) is 0. The quantitative estimate of drug-likeness (QED) is 0.837. The minimum Gasteiger partial charge on any atom is -0.379 e. The lowest BCUT2D eigenvalue weighted by molar-refractivity contribution is 0.00428. The maximum absolute atomic E-state index is 12.7. The van der Waals surface area contributed by atoms with Crippen molar-refractivity contribution in [3.63, 3.8) is 0 Å². The summed E-state index contributed by atoms with van der Waals surface area (Å²) < 4.78 is 7.45. The van der Waals surface area contributed by atoms with Gasteiger partial charge < -0.3 is 9.30 Å². The van der Waals surface area contributed by atoms with Gasteiger partial charge in [0.15, 0.2) is 0 Å². The molecule has 1 atom stereocenters. The molecule has 1 aromatic heterocycles. The van der Waals surface area contributed by atoms with E-state index in [0.717, 1.165) is 55.7 Å². The maximum Gasteiger partial charge on any atom is 0.255 e. The summed E-state index contributed by atoms with van der Waals surface area (Å²) in [6, 6.07) is 10.1. The SMILES string of the molecule is CN1CCN(Cc2cc3ccccc3n(C)c2=O)CC12CCOC2. The van der Waals surface area contributed by atoms with Gasteiger partial charge >= 0.3 is 0 Å². The number of nitrogens with zero attached hydrogens (tertiary/aromatic N) is 3. The number of piperazine rings is 1. The van der Waals surface area contributed by atoms with E-state index in [1.54, 1.807) is 4.57 Å². The van der Waals surface area contributed by atoms with Crippen molar-refractivity contribution >= 4 is 10.9 Å². The molecular weight excluding hydrogens is 302 g/mol. The predicted molar refractivity (Wildman–Crippen MR) is 95.3 cm³/mol. The third kappa shape index (κ3) is 2.57. The maximum atomic E-state index is 12.7. The first-order chi connectivity index (χ1) is 11.6. The smallest absolute Gasteiger partial charge is 0.255 e. The lowest BCUT2D eigenvalue weighted by Crippen LogP contribution is -2.61. The minimum absolute atomic E-state index is 0.115. The zero-order chi connectivity index (χ0) is 16.7. The van der Waals surface area contributed by atoms with Gasteiger partial charge in [0.1, 0.15) is 0 Å². The van der Waals surface area contributed by atoms with Crippen LogP contribution in [0.5, 0.6) is 0 Å². The molecular formula is C19H25N3O2. The van der Waals surface area contributed by atoms with Gasteiger partial charge in [-0.2, -0.15) is 0 Å². The minimum atomic E-state index is 0.115. The molecule has 1 spiro atoms. The van der Waals surface area contributed by atoms with Crippen molar-refractivity contribution in [1.82, 2.24) is 14.4 Å². The van der Waals surface area contributed by atoms with Crippen molar-refractivity contribution in [1.29, 1.82) is 0 Å². The number of likely N-dealkylation sites (N-methyl/N-ethyl adjacent to an activating group) is 1. The highest BCUT2D eigenvalue weighted by Crippen LogP contribution is 2.29. The molecule has 1 aromatic carbocycles. The summed E-state index contributed by atoms with van der Waals surface area (Å²) in [6.07, 6.45) is 1.08. The highest BCUT2D eigenvalue weighted by Gasteiger charge is 2.42. The summed E-state index contributed by atoms with van der Waals surface area (Å²) in [4.78, 5) is 17.6. The normalized spacial score (nSPS) is 25.8. The van der Waals surface area contributed by atoms with Crippen LogP contribution in [0.3, 0.4) is 0 Å². The molecule has 3 heterocycles. The van der Waals surface area contributed by atoms with Crippen molar-refractivity contribution in [3.8, 4) is 0 Å². The number of ether oxygens (including phenoxy) is 1. The molecule has 5 heteroatoms. The summed E-state index contributed by atoms with van der Waals surface area (Å²) in [5.41, 5.74) is 2.12. The van der Waals surface area contributed by atoms with Crippen LogP contribution in [-0.2, 0) is 18.3 Å². The topological polar surface area (TPSA) is 37.7 Å². The Morgan fingerprint density at radius 1 is 1.21 bits per heavy atom. The van der Waals surface area contributed by atoms with E-state index in [9.17, 15) is 4.79 Å². The number of aryl methyl sites for hydroxylation is 1. The number of rotatable bonds is 2. The van der Waals surface area contributed by atoms with Crippen molar-refractivity contribution in [2.45, 2.75) is 18.5 Å². The molecule has 2 saturated heterocycles. The average Bonchev–Trinajstić information content (AvgIpc) is 3.05. The number of fused-ring (bicyclic) bond motifs is 1. The van der Waals surface area contributed by atoms with Gasteiger partial charge in [0.2, 0.25) is 0 Å². The van der Waals surface area contributed by atoms with Crippen molar-refractivity contribution < 1.29 is 4.74 Å². The zero-order valence-electron chi connectivity index (χ0n) is 14.5. The second kappa shape index (κ2) is 5.99. The van der Waals surface area contributed by atoms with Gasteiger partial charge in [-0.3, -0.25) is 14.6 Å². The van der Waals surface area contributed by atoms with Crippen LogP contribution < -0.4 is 5.56 Å². The molecule has 0 radical (unpaired) electrons. The molecule has 0 saturated carbocycles. The summed E-state index contributed by atoms with van der Waals surface area (Å²) >= 11 is 0. The van der Waals surface area contributed by atoms with E-state index >= 15 is 0 Å². The van der Waals surface area contributed by atoms with Gasteiger partial charge in [-0.15, -0.1) is 0 Å². The fourth-order valence-corrected chi connectivity index (χ4v) is 4.15. The van der Waals surface area contributed by atoms with E-state index in [0.29, 0.717) is 6.54 Å². The molecule has 2 aromatic rings. The first kappa shape index (κ1) is 15.8. The molecule has 2 aliphatic heterocycles. The van der Waals surface area contributed by atoms with E-state index in [1.807, 2.05) is 25.2 Å². The molecule has 1 unspecified atom stereocenters. The first-order valence-electron chi connectivity index (χ1n) is 8.68. The number of hydrogen-bond acceptors (Lipinski definition) is 4. The highest BCUT2D eigenvalue weighted by molar-refractivity contribution is 5.79. The fourth-order valence-electron chi connectivity index (χ4n) is 4.15. The second-order valence-electron chi connectivity index (χ2n) is 7.25. The van der Waals surface area contributed by atoms with Gasteiger partial charge in [0, 0.05) is 45.4 Å². The monoisotopic (exact) mass is 327 g/mol. The van der Waals surface area contributed by atoms with Crippen molar-refractivity contribution in [2.75, 3.05) is 39.9 Å². The number of pyridine rings is 1. The van der Waals surface area contributed by atoms with Crippen LogP contribution in [0.1, 0.15) is 12.0 Å². The average molecular weight is 327 g/mol. The first-order valence-corrected chi connectivity index (χ1v) is 8.68. The van der Waals surface area contributed by atoms with Crippen molar-refractivity contribution in [2.24, 2.45) is 7.05 Å². The zero-order valence-corrected chi connectivity index (χ0v) is 14.5. The van der Waals surface area contributed by atoms with Gasteiger partial charge in [-0.1, -0.05) is 18.2 Å². The Balaban J connectivity index is 1.62. The Labute approximate surface area is 142 Å². The number of hydrogen-bond donors (Lipinski definition) is 0. The summed E-state index contributed by atoms with van der Waals surface area (Å²) in [5, 5.41) is 1.13. The molecule has 0 amide bonds. The molecule has 2 aliphatic rings. The molecule has 4 rings (SSSR count). The fraction of sp³-hybridized carbons (Fsp3) is 0.526. The molecule has 0 N–H and O–H groups in total. The van der Waals surface area contributed by atoms with Gasteiger partial charge in [-0.05, 0) is 31.0 Å². The molecule has 5 nitrogen and oxygen atoms in total. The van der Waals surface area contributed by atoms with Crippen LogP contribution in [0.4, 0.5) is 0 Å². The standard InChI is InChI=1S/C19H25N3O2/c1-20-8-9-22(13-19(20)7-10-24-14-19)12-16-11-15-5-3-4-6-17(15)21(2)18(16)23/h3-6,11H,7-10,12-14H2,1-2H3. The highest BCUT2D eigenvalue weighted by atomic mass is 16.5. The van der Waals surface area contributed by atoms with E-state index in [-0.39, 0.29) is 11.1 Å². The molecule has 2 fully saturated rings. The van der Waals surface area contributed by atoms with Crippen LogP contribution in [0.2, 0.25) is 0 Å². The van der Waals surface area contributed by atoms with Crippen LogP contribution in [-0.4, -0.2) is 59.8 Å². The van der Waals surface area contributed by atoms with E-state index in [4.69, 9.17) is 4.74 Å².